The lowest BCUT2D eigenvalue weighted by atomic mass is 10.3. The van der Waals surface area contributed by atoms with E-state index in [9.17, 15) is 0 Å². The van der Waals surface area contributed by atoms with Crippen LogP contribution >= 0.6 is 0 Å². The summed E-state index contributed by atoms with van der Waals surface area (Å²) in [7, 11) is 0. The molecule has 1 saturated heterocycles. The number of likely N-dealkylation sites (tertiary alicyclic amines) is 1. The molecular weight excluding hydrogens is 178 g/mol. The first-order chi connectivity index (χ1) is 6.79. The van der Waals surface area contributed by atoms with Gasteiger partial charge in [-0.25, -0.2) is 0 Å². The standard InChI is InChI=1S/C9H17N5/c1-2-14-7-11-12-9(14)6-13-4-3-8(10)5-13/h7-8H,2-6,10H2,1H3/t8-/m0/s1. The van der Waals surface area contributed by atoms with E-state index in [-0.39, 0.29) is 0 Å². The third-order valence-corrected chi connectivity index (χ3v) is 2.71. The molecule has 0 spiro atoms. The van der Waals surface area contributed by atoms with Crippen LogP contribution in [0.2, 0.25) is 0 Å². The Kier molecular flexibility index (Phi) is 2.79. The fourth-order valence-corrected chi connectivity index (χ4v) is 1.87. The predicted octanol–water partition coefficient (Wildman–Crippen LogP) is -0.169. The van der Waals surface area contributed by atoms with Crippen LogP contribution in [0.3, 0.4) is 0 Å². The second kappa shape index (κ2) is 4.06. The topological polar surface area (TPSA) is 60.0 Å². The van der Waals surface area contributed by atoms with E-state index in [0.29, 0.717) is 6.04 Å². The van der Waals surface area contributed by atoms with Gasteiger partial charge in [0.05, 0.1) is 6.54 Å². The number of nitrogens with two attached hydrogens (primary N) is 1. The van der Waals surface area contributed by atoms with Crippen molar-refractivity contribution in [2.75, 3.05) is 13.1 Å². The van der Waals surface area contributed by atoms with Crippen LogP contribution in [0.15, 0.2) is 6.33 Å². The maximum absolute atomic E-state index is 5.84. The van der Waals surface area contributed by atoms with Gasteiger partial charge in [0, 0.05) is 25.7 Å². The molecule has 0 aromatic carbocycles. The maximum atomic E-state index is 5.84. The van der Waals surface area contributed by atoms with E-state index in [2.05, 4.69) is 26.6 Å². The van der Waals surface area contributed by atoms with Crippen molar-refractivity contribution in [2.45, 2.75) is 32.5 Å². The molecule has 2 N–H and O–H groups in total. The molecule has 1 fully saturated rings. The average molecular weight is 195 g/mol. The number of aromatic nitrogens is 3. The maximum Gasteiger partial charge on any atom is 0.146 e. The molecule has 78 valence electrons. The smallest absolute Gasteiger partial charge is 0.146 e. The predicted molar refractivity (Wildman–Crippen MR) is 53.6 cm³/mol. The summed E-state index contributed by atoms with van der Waals surface area (Å²) < 4.78 is 2.07. The molecule has 0 bridgehead atoms. The summed E-state index contributed by atoms with van der Waals surface area (Å²) in [6, 6.07) is 0.341. The van der Waals surface area contributed by atoms with Crippen LogP contribution in [0, 0.1) is 0 Å². The van der Waals surface area contributed by atoms with Crippen molar-refractivity contribution in [1.82, 2.24) is 19.7 Å². The van der Waals surface area contributed by atoms with Crippen LogP contribution in [-0.4, -0.2) is 38.8 Å². The lowest BCUT2D eigenvalue weighted by Crippen LogP contribution is -2.27. The van der Waals surface area contributed by atoms with Gasteiger partial charge in [0.25, 0.3) is 0 Å². The fraction of sp³-hybridized carbons (Fsp3) is 0.778. The Balaban J connectivity index is 1.97. The van der Waals surface area contributed by atoms with Gasteiger partial charge in [0.2, 0.25) is 0 Å². The van der Waals surface area contributed by atoms with Gasteiger partial charge < -0.3 is 10.3 Å². The van der Waals surface area contributed by atoms with Crippen molar-refractivity contribution in [3.8, 4) is 0 Å². The summed E-state index contributed by atoms with van der Waals surface area (Å²) >= 11 is 0. The summed E-state index contributed by atoms with van der Waals surface area (Å²) in [5, 5.41) is 8.02. The van der Waals surface area contributed by atoms with Crippen molar-refractivity contribution in [3.63, 3.8) is 0 Å². The van der Waals surface area contributed by atoms with E-state index in [1.54, 1.807) is 6.33 Å². The third-order valence-electron chi connectivity index (χ3n) is 2.71. The van der Waals surface area contributed by atoms with E-state index in [0.717, 1.165) is 38.4 Å². The normalized spacial score (nSPS) is 23.1. The molecule has 0 amide bonds. The molecule has 14 heavy (non-hydrogen) atoms. The summed E-state index contributed by atoms with van der Waals surface area (Å²) in [5.74, 6) is 1.04. The fourth-order valence-electron chi connectivity index (χ4n) is 1.87. The molecule has 0 saturated carbocycles. The average Bonchev–Trinajstić information content (AvgIpc) is 2.76. The molecule has 1 aliphatic heterocycles. The van der Waals surface area contributed by atoms with Crippen LogP contribution in [0.1, 0.15) is 19.2 Å². The molecule has 0 radical (unpaired) electrons. The largest absolute Gasteiger partial charge is 0.326 e. The molecule has 1 aromatic rings. The van der Waals surface area contributed by atoms with Crippen LogP contribution in [0.5, 0.6) is 0 Å². The molecule has 5 heteroatoms. The Morgan fingerprint density at radius 1 is 1.64 bits per heavy atom. The first kappa shape index (κ1) is 9.61. The Morgan fingerprint density at radius 3 is 3.14 bits per heavy atom. The van der Waals surface area contributed by atoms with Crippen LogP contribution in [0.25, 0.3) is 0 Å². The van der Waals surface area contributed by atoms with Gasteiger partial charge >= 0.3 is 0 Å². The molecule has 1 atom stereocenters. The van der Waals surface area contributed by atoms with E-state index in [1.807, 2.05) is 0 Å². The van der Waals surface area contributed by atoms with Crippen LogP contribution < -0.4 is 5.73 Å². The van der Waals surface area contributed by atoms with E-state index >= 15 is 0 Å². The number of rotatable bonds is 3. The first-order valence-electron chi connectivity index (χ1n) is 5.14. The summed E-state index contributed by atoms with van der Waals surface area (Å²) in [6.45, 7) is 5.97. The lowest BCUT2D eigenvalue weighted by molar-refractivity contribution is 0.312. The Hall–Kier alpha value is -0.940. The van der Waals surface area contributed by atoms with Crippen LogP contribution in [0.4, 0.5) is 0 Å². The first-order valence-corrected chi connectivity index (χ1v) is 5.14. The highest BCUT2D eigenvalue weighted by molar-refractivity contribution is 4.88. The van der Waals surface area contributed by atoms with E-state index < -0.39 is 0 Å². The minimum absolute atomic E-state index is 0.341. The monoisotopic (exact) mass is 195 g/mol. The van der Waals surface area contributed by atoms with Crippen molar-refractivity contribution >= 4 is 0 Å². The zero-order valence-electron chi connectivity index (χ0n) is 8.56. The summed E-state index contributed by atoms with van der Waals surface area (Å²) in [5.41, 5.74) is 5.84. The Bertz CT molecular complexity index is 295. The van der Waals surface area contributed by atoms with E-state index in [4.69, 9.17) is 5.73 Å². The Labute approximate surface area is 83.9 Å². The van der Waals surface area contributed by atoms with Gasteiger partial charge in [-0.15, -0.1) is 10.2 Å². The van der Waals surface area contributed by atoms with Gasteiger partial charge in [-0.1, -0.05) is 0 Å². The number of hydrogen-bond donors (Lipinski definition) is 1. The van der Waals surface area contributed by atoms with Gasteiger partial charge in [-0.05, 0) is 13.3 Å². The van der Waals surface area contributed by atoms with Gasteiger partial charge in [0.1, 0.15) is 12.2 Å². The van der Waals surface area contributed by atoms with Crippen molar-refractivity contribution < 1.29 is 0 Å². The minimum atomic E-state index is 0.341. The highest BCUT2D eigenvalue weighted by atomic mass is 15.3. The quantitative estimate of drug-likeness (QED) is 0.727. The third kappa shape index (κ3) is 1.93. The molecule has 2 rings (SSSR count). The second-order valence-electron chi connectivity index (χ2n) is 3.82. The SMILES string of the molecule is CCn1cnnc1CN1CC[C@H](N)C1. The van der Waals surface area contributed by atoms with Crippen molar-refractivity contribution in [2.24, 2.45) is 5.73 Å². The zero-order valence-corrected chi connectivity index (χ0v) is 8.56. The molecular formula is C9H17N5. The molecule has 0 aliphatic carbocycles. The molecule has 1 aliphatic rings. The number of nitrogens with zero attached hydrogens (tertiary/aromatic N) is 4. The van der Waals surface area contributed by atoms with E-state index in [1.165, 1.54) is 0 Å². The molecule has 5 nitrogen and oxygen atoms in total. The van der Waals surface area contributed by atoms with Crippen LogP contribution in [-0.2, 0) is 13.1 Å². The number of hydrogen-bond acceptors (Lipinski definition) is 4. The van der Waals surface area contributed by atoms with Gasteiger partial charge in [0.15, 0.2) is 0 Å². The second-order valence-corrected chi connectivity index (χ2v) is 3.82. The zero-order chi connectivity index (χ0) is 9.97. The van der Waals surface area contributed by atoms with Gasteiger partial charge in [-0.3, -0.25) is 4.90 Å². The lowest BCUT2D eigenvalue weighted by Gasteiger charge is -2.14. The number of aryl methyl sites for hydroxylation is 1. The molecule has 1 aromatic heterocycles. The van der Waals surface area contributed by atoms with Crippen molar-refractivity contribution in [1.29, 1.82) is 0 Å². The summed E-state index contributed by atoms with van der Waals surface area (Å²) in [6.07, 6.45) is 2.88. The summed E-state index contributed by atoms with van der Waals surface area (Å²) in [4.78, 5) is 2.33. The highest BCUT2D eigenvalue weighted by Crippen LogP contribution is 2.10. The molecule has 0 unspecified atom stereocenters. The minimum Gasteiger partial charge on any atom is -0.326 e. The Morgan fingerprint density at radius 2 is 2.50 bits per heavy atom. The molecule has 2 heterocycles. The highest BCUT2D eigenvalue weighted by Gasteiger charge is 2.20. The van der Waals surface area contributed by atoms with Gasteiger partial charge in [-0.2, -0.15) is 0 Å². The van der Waals surface area contributed by atoms with Crippen molar-refractivity contribution in [3.05, 3.63) is 12.2 Å².